The van der Waals surface area contributed by atoms with Gasteiger partial charge in [0.05, 0.1) is 13.2 Å². The number of allylic oxidation sites excluding steroid dienone is 6. The van der Waals surface area contributed by atoms with Crippen LogP contribution in [0.5, 0.6) is 0 Å². The molecule has 0 aromatic heterocycles. The fraction of sp³-hybridized carbons (Fsp3) is 0.837. The standard InChI is InChI=1S/C49H88O10/c1-3-5-7-9-11-13-15-16-17-18-19-20-21-22-23-24-25-26-28-30-32-34-36-38-45(52)58-42(41-57-49-48(55)47(54)46(53)43(39-50)59-49)40-56-44(51)37-35-33-31-29-27-14-12-10-8-6-4-2/h10,12,15-16,18-19,42-43,46-50,53-55H,3-9,11,13-14,17,20-41H2,1-2H3/b12-10-,16-15-,19-18-. The van der Waals surface area contributed by atoms with Crippen molar-refractivity contribution in [2.24, 2.45) is 0 Å². The van der Waals surface area contributed by atoms with Crippen LogP contribution in [-0.2, 0) is 28.5 Å². The molecule has 0 amide bonds. The Balaban J connectivity index is 2.25. The van der Waals surface area contributed by atoms with Crippen molar-refractivity contribution in [3.63, 3.8) is 0 Å². The van der Waals surface area contributed by atoms with Crippen LogP contribution in [0.4, 0.5) is 0 Å². The van der Waals surface area contributed by atoms with Crippen molar-refractivity contribution in [1.29, 1.82) is 0 Å². The maximum absolute atomic E-state index is 12.8. The van der Waals surface area contributed by atoms with E-state index < -0.39 is 49.4 Å². The molecule has 1 heterocycles. The summed E-state index contributed by atoms with van der Waals surface area (Å²) in [4.78, 5) is 25.3. The van der Waals surface area contributed by atoms with E-state index in [9.17, 15) is 30.0 Å². The van der Waals surface area contributed by atoms with E-state index in [4.69, 9.17) is 18.9 Å². The van der Waals surface area contributed by atoms with Gasteiger partial charge in [0.15, 0.2) is 12.4 Å². The number of hydrogen-bond acceptors (Lipinski definition) is 10. The van der Waals surface area contributed by atoms with Crippen molar-refractivity contribution in [3.05, 3.63) is 36.5 Å². The highest BCUT2D eigenvalue weighted by Gasteiger charge is 2.44. The van der Waals surface area contributed by atoms with E-state index in [1.54, 1.807) is 0 Å². The van der Waals surface area contributed by atoms with E-state index in [0.717, 1.165) is 64.2 Å². The Bertz CT molecular complexity index is 1060. The van der Waals surface area contributed by atoms with E-state index in [2.05, 4.69) is 50.3 Å². The van der Waals surface area contributed by atoms with Gasteiger partial charge in [-0.1, -0.05) is 166 Å². The molecule has 0 radical (unpaired) electrons. The maximum Gasteiger partial charge on any atom is 0.306 e. The first-order valence-corrected chi connectivity index (χ1v) is 24.1. The molecule has 10 nitrogen and oxygen atoms in total. The van der Waals surface area contributed by atoms with Crippen LogP contribution in [0.3, 0.4) is 0 Å². The summed E-state index contributed by atoms with van der Waals surface area (Å²) in [5.74, 6) is -0.817. The average Bonchev–Trinajstić information content (AvgIpc) is 3.23. The minimum Gasteiger partial charge on any atom is -0.462 e. The smallest absolute Gasteiger partial charge is 0.306 e. The molecule has 1 fully saturated rings. The lowest BCUT2D eigenvalue weighted by Gasteiger charge is -2.39. The molecule has 0 aromatic rings. The van der Waals surface area contributed by atoms with E-state index in [1.165, 1.54) is 103 Å². The lowest BCUT2D eigenvalue weighted by Crippen LogP contribution is -2.59. The molecular weight excluding hydrogens is 749 g/mol. The molecule has 0 bridgehead atoms. The summed E-state index contributed by atoms with van der Waals surface area (Å²) in [6.07, 6.45) is 38.7. The van der Waals surface area contributed by atoms with Crippen LogP contribution >= 0.6 is 0 Å². The molecule has 344 valence electrons. The molecule has 10 heteroatoms. The Labute approximate surface area is 359 Å². The minimum atomic E-state index is -1.60. The number of rotatable bonds is 40. The Morgan fingerprint density at radius 2 is 0.966 bits per heavy atom. The third kappa shape index (κ3) is 31.4. The second kappa shape index (κ2) is 40.0. The molecular formula is C49H88O10. The summed E-state index contributed by atoms with van der Waals surface area (Å²) in [6, 6.07) is 0. The molecule has 6 unspecified atom stereocenters. The predicted octanol–water partition coefficient (Wildman–Crippen LogP) is 10.7. The zero-order valence-corrected chi connectivity index (χ0v) is 37.5. The minimum absolute atomic E-state index is 0.222. The molecule has 6 atom stereocenters. The highest BCUT2D eigenvalue weighted by molar-refractivity contribution is 5.70. The topological polar surface area (TPSA) is 152 Å². The summed E-state index contributed by atoms with van der Waals surface area (Å²) in [7, 11) is 0. The lowest BCUT2D eigenvalue weighted by molar-refractivity contribution is -0.305. The van der Waals surface area contributed by atoms with E-state index in [0.29, 0.717) is 12.8 Å². The van der Waals surface area contributed by atoms with E-state index in [1.807, 2.05) is 0 Å². The van der Waals surface area contributed by atoms with Crippen molar-refractivity contribution in [2.75, 3.05) is 19.8 Å². The molecule has 0 aliphatic carbocycles. The van der Waals surface area contributed by atoms with Crippen molar-refractivity contribution < 1.29 is 49.0 Å². The predicted molar refractivity (Wildman–Crippen MR) is 238 cm³/mol. The second-order valence-corrected chi connectivity index (χ2v) is 16.6. The number of carbonyl (C=O) groups excluding carboxylic acids is 2. The number of aliphatic hydroxyl groups excluding tert-OH is 4. The molecule has 1 saturated heterocycles. The summed E-state index contributed by atoms with van der Waals surface area (Å²) in [5, 5.41) is 40.1. The molecule has 0 aromatic carbocycles. The van der Waals surface area contributed by atoms with Gasteiger partial charge in [-0.2, -0.15) is 0 Å². The highest BCUT2D eigenvalue weighted by Crippen LogP contribution is 2.23. The van der Waals surface area contributed by atoms with Gasteiger partial charge in [-0.05, 0) is 64.2 Å². The summed E-state index contributed by atoms with van der Waals surface area (Å²) in [6.45, 7) is 3.37. The Morgan fingerprint density at radius 3 is 1.47 bits per heavy atom. The van der Waals surface area contributed by atoms with Crippen LogP contribution in [-0.4, -0.2) is 89.0 Å². The quantitative estimate of drug-likeness (QED) is 0.0267. The van der Waals surface area contributed by atoms with Gasteiger partial charge in [-0.3, -0.25) is 9.59 Å². The summed E-state index contributed by atoms with van der Waals surface area (Å²) < 4.78 is 22.2. The third-order valence-corrected chi connectivity index (χ3v) is 11.0. The molecule has 0 spiro atoms. The second-order valence-electron chi connectivity index (χ2n) is 16.6. The van der Waals surface area contributed by atoms with Crippen molar-refractivity contribution in [1.82, 2.24) is 0 Å². The third-order valence-electron chi connectivity index (χ3n) is 11.0. The first kappa shape index (κ1) is 54.9. The molecule has 0 saturated carbocycles. The van der Waals surface area contributed by atoms with Gasteiger partial charge in [0.25, 0.3) is 0 Å². The van der Waals surface area contributed by atoms with Crippen LogP contribution in [0.1, 0.15) is 206 Å². The number of ether oxygens (including phenoxy) is 4. The van der Waals surface area contributed by atoms with Gasteiger partial charge < -0.3 is 39.4 Å². The SMILES string of the molecule is CCCC/C=C\CCCCCCCC(=O)OCC(COC1OC(CO)C(O)C(O)C1O)OC(=O)CCCCCCCCCCCCC/C=C\C/C=C\CCCCCCC. The Morgan fingerprint density at radius 1 is 0.525 bits per heavy atom. The molecule has 4 N–H and O–H groups in total. The first-order chi connectivity index (χ1) is 28.8. The number of esters is 2. The summed E-state index contributed by atoms with van der Waals surface area (Å²) >= 11 is 0. The van der Waals surface area contributed by atoms with Crippen LogP contribution in [0.25, 0.3) is 0 Å². The fourth-order valence-corrected chi connectivity index (χ4v) is 7.14. The Kier molecular flexibility index (Phi) is 37.3. The van der Waals surface area contributed by atoms with Gasteiger partial charge in [0.2, 0.25) is 0 Å². The lowest BCUT2D eigenvalue weighted by atomic mass is 9.99. The number of unbranched alkanes of at least 4 members (excludes halogenated alkanes) is 23. The van der Waals surface area contributed by atoms with Crippen LogP contribution < -0.4 is 0 Å². The van der Waals surface area contributed by atoms with E-state index in [-0.39, 0.29) is 32.0 Å². The van der Waals surface area contributed by atoms with Gasteiger partial charge in [0.1, 0.15) is 31.0 Å². The molecule has 1 aliphatic rings. The normalized spacial score (nSPS) is 20.3. The number of carbonyl (C=O) groups is 2. The number of aliphatic hydroxyl groups is 4. The Hall–Kier alpha value is -2.08. The molecule has 59 heavy (non-hydrogen) atoms. The van der Waals surface area contributed by atoms with Crippen molar-refractivity contribution in [3.8, 4) is 0 Å². The highest BCUT2D eigenvalue weighted by atomic mass is 16.7. The zero-order chi connectivity index (χ0) is 43.0. The molecule has 1 aliphatic heterocycles. The van der Waals surface area contributed by atoms with Gasteiger partial charge in [-0.15, -0.1) is 0 Å². The largest absolute Gasteiger partial charge is 0.462 e. The van der Waals surface area contributed by atoms with E-state index >= 15 is 0 Å². The average molecular weight is 837 g/mol. The summed E-state index contributed by atoms with van der Waals surface area (Å²) in [5.41, 5.74) is 0. The monoisotopic (exact) mass is 837 g/mol. The van der Waals surface area contributed by atoms with Gasteiger partial charge in [-0.25, -0.2) is 0 Å². The maximum atomic E-state index is 12.8. The van der Waals surface area contributed by atoms with Crippen LogP contribution in [0, 0.1) is 0 Å². The van der Waals surface area contributed by atoms with Crippen LogP contribution in [0.15, 0.2) is 36.5 Å². The fourth-order valence-electron chi connectivity index (χ4n) is 7.14. The number of hydrogen-bond donors (Lipinski definition) is 4. The van der Waals surface area contributed by atoms with Gasteiger partial charge in [0, 0.05) is 12.8 Å². The van der Waals surface area contributed by atoms with Gasteiger partial charge >= 0.3 is 11.9 Å². The van der Waals surface area contributed by atoms with Crippen molar-refractivity contribution >= 4 is 11.9 Å². The van der Waals surface area contributed by atoms with Crippen LogP contribution in [0.2, 0.25) is 0 Å². The first-order valence-electron chi connectivity index (χ1n) is 24.1. The molecule has 1 rings (SSSR count). The zero-order valence-electron chi connectivity index (χ0n) is 37.5. The van der Waals surface area contributed by atoms with Crippen molar-refractivity contribution in [2.45, 2.75) is 243 Å².